The molecule has 16 heteroatoms. The molecule has 3 aromatic rings. The summed E-state index contributed by atoms with van der Waals surface area (Å²) in [4.78, 5) is 5.00. The Morgan fingerprint density at radius 2 is 1.83 bits per heavy atom. The Balaban J connectivity index is 1.70. The maximum absolute atomic E-state index is 16.0. The summed E-state index contributed by atoms with van der Waals surface area (Å²) in [5.74, 6) is -1.14. The lowest BCUT2D eigenvalue weighted by Gasteiger charge is -2.38. The Labute approximate surface area is 206 Å². The van der Waals surface area contributed by atoms with Gasteiger partial charge in [-0.05, 0) is 26.7 Å². The lowest BCUT2D eigenvalue weighted by Crippen LogP contribution is -2.54. The molecule has 0 unspecified atom stereocenters. The van der Waals surface area contributed by atoms with Crippen molar-refractivity contribution < 1.29 is 30.4 Å². The first-order valence-electron chi connectivity index (χ1n) is 11.1. The molecule has 1 saturated heterocycles. The van der Waals surface area contributed by atoms with E-state index in [-0.39, 0.29) is 47.0 Å². The second-order valence-corrected chi connectivity index (χ2v) is 11.8. The molecular formula is C20H22F5N7O2S2. The number of nitrogens with one attached hydrogen (secondary N) is 2. The monoisotopic (exact) mass is 551 g/mol. The van der Waals surface area contributed by atoms with Gasteiger partial charge in [0.2, 0.25) is 10.0 Å². The van der Waals surface area contributed by atoms with E-state index in [9.17, 15) is 26.0 Å². The molecule has 2 fully saturated rings. The number of aromatic nitrogens is 4. The van der Waals surface area contributed by atoms with E-state index in [1.54, 1.807) is 4.90 Å². The van der Waals surface area contributed by atoms with Crippen LogP contribution in [0.3, 0.4) is 0 Å². The molecule has 2 N–H and O–H groups in total. The van der Waals surface area contributed by atoms with Gasteiger partial charge in [0, 0.05) is 31.4 Å². The van der Waals surface area contributed by atoms with Crippen LogP contribution in [0.1, 0.15) is 38.1 Å². The number of pyridine rings is 1. The predicted molar refractivity (Wildman–Crippen MR) is 122 cm³/mol. The fraction of sp³-hybridized carbons (Fsp3) is 0.550. The van der Waals surface area contributed by atoms with Crippen molar-refractivity contribution in [2.24, 2.45) is 0 Å². The molecule has 0 bridgehead atoms. The van der Waals surface area contributed by atoms with Crippen LogP contribution in [0.25, 0.3) is 16.3 Å². The van der Waals surface area contributed by atoms with E-state index in [1.165, 1.54) is 10.6 Å². The largest absolute Gasteiger partial charge is 0.364 e. The number of rotatable bonds is 7. The predicted octanol–water partition coefficient (Wildman–Crippen LogP) is 3.19. The number of piperazine rings is 1. The van der Waals surface area contributed by atoms with E-state index in [2.05, 4.69) is 20.5 Å². The number of halogens is 5. The maximum atomic E-state index is 16.0. The fourth-order valence-electron chi connectivity index (χ4n) is 4.46. The van der Waals surface area contributed by atoms with Gasteiger partial charge < -0.3 is 10.2 Å². The molecule has 196 valence electrons. The third-order valence-corrected chi connectivity index (χ3v) is 8.70. The number of imidazole rings is 1. The highest BCUT2D eigenvalue weighted by atomic mass is 32.2. The van der Waals surface area contributed by atoms with Crippen LogP contribution in [0.15, 0.2) is 17.3 Å². The van der Waals surface area contributed by atoms with Crippen molar-refractivity contribution >= 4 is 32.6 Å². The van der Waals surface area contributed by atoms with E-state index in [1.807, 2.05) is 18.6 Å². The van der Waals surface area contributed by atoms with Crippen molar-refractivity contribution in [3.63, 3.8) is 0 Å². The number of sulfonamides is 1. The zero-order chi connectivity index (χ0) is 26.0. The average molecular weight is 552 g/mol. The van der Waals surface area contributed by atoms with Crippen molar-refractivity contribution in [2.75, 3.05) is 18.0 Å². The molecule has 36 heavy (non-hydrogen) atoms. The first-order chi connectivity index (χ1) is 16.9. The number of hydrogen-bond acceptors (Lipinski definition) is 8. The molecule has 0 radical (unpaired) electrons. The van der Waals surface area contributed by atoms with Crippen molar-refractivity contribution in [1.82, 2.24) is 29.6 Å². The first-order valence-corrected chi connectivity index (χ1v) is 13.4. The number of alkyl halides is 4. The van der Waals surface area contributed by atoms with Crippen molar-refractivity contribution in [3.8, 4) is 10.8 Å². The highest BCUT2D eigenvalue weighted by Gasteiger charge is 2.54. The van der Waals surface area contributed by atoms with Crippen LogP contribution in [0.5, 0.6) is 0 Å². The molecule has 2 atom stereocenters. The van der Waals surface area contributed by atoms with E-state index in [0.717, 1.165) is 6.20 Å². The van der Waals surface area contributed by atoms with Gasteiger partial charge >= 0.3 is 0 Å². The Morgan fingerprint density at radius 1 is 1.17 bits per heavy atom. The van der Waals surface area contributed by atoms with E-state index in [4.69, 9.17) is 0 Å². The van der Waals surface area contributed by atoms with Gasteiger partial charge in [0.15, 0.2) is 21.7 Å². The molecule has 0 aromatic carbocycles. The van der Waals surface area contributed by atoms with Gasteiger partial charge in [0.25, 0.3) is 12.9 Å². The lowest BCUT2D eigenvalue weighted by molar-refractivity contribution is 0.0969. The summed E-state index contributed by atoms with van der Waals surface area (Å²) in [5, 5.41) is 9.87. The lowest BCUT2D eigenvalue weighted by atomic mass is 10.1. The summed E-state index contributed by atoms with van der Waals surface area (Å²) in [6.45, 7) is 4.41. The van der Waals surface area contributed by atoms with Crippen LogP contribution in [0.4, 0.5) is 27.6 Å². The smallest absolute Gasteiger partial charge is 0.291 e. The second-order valence-electron chi connectivity index (χ2n) is 9.18. The van der Waals surface area contributed by atoms with E-state index >= 15 is 4.39 Å². The molecule has 0 amide bonds. The molecule has 1 aliphatic heterocycles. The normalized spacial score (nSPS) is 22.2. The highest BCUT2D eigenvalue weighted by molar-refractivity contribution is 7.89. The van der Waals surface area contributed by atoms with Gasteiger partial charge in [-0.25, -0.2) is 35.4 Å². The van der Waals surface area contributed by atoms with Gasteiger partial charge in [-0.2, -0.15) is 4.72 Å². The topological polar surface area (TPSA) is 105 Å². The standard InChI is InChI=1S/C20H22F5N7O2S2/c1-9-6-31(7-10(2)27-9)14-11-5-26-16(18-29-28-17(35-18)15(22)23)32(11)8-12(13(14)21)36(33,34)30-20(3-4-20)19(24)25/h5,8-10,15,19,27,30H,3-4,6-7H2,1-2H3/t9-,10-/m0/s1. The summed E-state index contributed by atoms with van der Waals surface area (Å²) < 4.78 is 98.8. The fourth-order valence-corrected chi connectivity index (χ4v) is 6.67. The minimum atomic E-state index is -4.74. The van der Waals surface area contributed by atoms with Crippen molar-refractivity contribution in [3.05, 3.63) is 23.2 Å². The highest BCUT2D eigenvalue weighted by Crippen LogP contribution is 2.43. The minimum absolute atomic E-state index is 0.0293. The second kappa shape index (κ2) is 8.85. The molecule has 0 spiro atoms. The quantitative estimate of drug-likeness (QED) is 0.435. The van der Waals surface area contributed by atoms with E-state index in [0.29, 0.717) is 24.4 Å². The minimum Gasteiger partial charge on any atom is -0.364 e. The number of nitrogens with zero attached hydrogens (tertiary/aromatic N) is 5. The average Bonchev–Trinajstić information content (AvgIpc) is 3.20. The molecule has 1 saturated carbocycles. The van der Waals surface area contributed by atoms with Gasteiger partial charge in [0.05, 0.1) is 17.3 Å². The number of anilines is 1. The molecular weight excluding hydrogens is 529 g/mol. The summed E-state index contributed by atoms with van der Waals surface area (Å²) in [5.41, 5.74) is -1.86. The van der Waals surface area contributed by atoms with Crippen molar-refractivity contribution in [2.45, 2.75) is 62.1 Å². The number of fused-ring (bicyclic) bond motifs is 1. The SMILES string of the molecule is C[C@H]1CN(c2c(F)c(S(=O)(=O)NC3(C(F)F)CC3)cn3c(-c4nnc(C(F)F)s4)ncc23)C[C@H](C)N1. The Kier molecular flexibility index (Phi) is 6.20. The molecule has 9 nitrogen and oxygen atoms in total. The first kappa shape index (κ1) is 25.2. The van der Waals surface area contributed by atoms with Gasteiger partial charge in [0.1, 0.15) is 10.6 Å². The number of hydrogen-bond donors (Lipinski definition) is 2. The molecule has 5 rings (SSSR count). The van der Waals surface area contributed by atoms with Crippen LogP contribution < -0.4 is 14.9 Å². The summed E-state index contributed by atoms with van der Waals surface area (Å²) in [7, 11) is -4.74. The van der Waals surface area contributed by atoms with Crippen LogP contribution in [0.2, 0.25) is 0 Å². The maximum Gasteiger partial charge on any atom is 0.291 e. The van der Waals surface area contributed by atoms with Crippen LogP contribution >= 0.6 is 11.3 Å². The summed E-state index contributed by atoms with van der Waals surface area (Å²) >= 11 is 0.560. The van der Waals surface area contributed by atoms with Crippen LogP contribution in [-0.2, 0) is 10.0 Å². The third-order valence-electron chi connectivity index (χ3n) is 6.24. The zero-order valence-corrected chi connectivity index (χ0v) is 20.7. The van der Waals surface area contributed by atoms with Crippen LogP contribution in [-0.4, -0.2) is 65.1 Å². The Bertz CT molecular complexity index is 1400. The van der Waals surface area contributed by atoms with E-state index < -0.39 is 44.1 Å². The van der Waals surface area contributed by atoms with Crippen molar-refractivity contribution in [1.29, 1.82) is 0 Å². The zero-order valence-electron chi connectivity index (χ0n) is 19.1. The Morgan fingerprint density at radius 3 is 2.39 bits per heavy atom. The molecule has 4 heterocycles. The van der Waals surface area contributed by atoms with Gasteiger partial charge in [-0.1, -0.05) is 11.3 Å². The van der Waals surface area contributed by atoms with Crippen LogP contribution in [0, 0.1) is 5.82 Å². The third kappa shape index (κ3) is 4.33. The van der Waals surface area contributed by atoms with Gasteiger partial charge in [-0.15, -0.1) is 10.2 Å². The molecule has 3 aromatic heterocycles. The molecule has 1 aliphatic carbocycles. The van der Waals surface area contributed by atoms with Gasteiger partial charge in [-0.3, -0.25) is 4.40 Å². The molecule has 2 aliphatic rings. The summed E-state index contributed by atoms with van der Waals surface area (Å²) in [6, 6.07) is -0.140. The summed E-state index contributed by atoms with van der Waals surface area (Å²) in [6.07, 6.45) is -3.79. The Hall–Kier alpha value is -2.43.